The average molecular weight is 1320 g/mol. The Balaban J connectivity index is 0.000000617. The van der Waals surface area contributed by atoms with Crippen LogP contribution < -0.4 is 153 Å². The van der Waals surface area contributed by atoms with Crippen LogP contribution in [0.25, 0.3) is 66.9 Å². The molecule has 0 aliphatic carbocycles. The zero-order valence-corrected chi connectivity index (χ0v) is 59.1. The van der Waals surface area contributed by atoms with E-state index in [1.165, 1.54) is 20.6 Å². The Labute approximate surface area is 642 Å². The van der Waals surface area contributed by atoms with Gasteiger partial charge in [0.15, 0.2) is 16.8 Å². The molecule has 0 spiro atoms. The zero-order valence-electron chi connectivity index (χ0n) is 51.1. The first-order chi connectivity index (χ1) is 41.4. The first kappa shape index (κ1) is 82.2. The fraction of sp³-hybridized carbons (Fsp3) is 0.292. The summed E-state index contributed by atoms with van der Waals surface area (Å²) in [4.78, 5) is 78.2. The third-order valence-corrected chi connectivity index (χ3v) is 14.5. The van der Waals surface area contributed by atoms with E-state index in [-0.39, 0.29) is 191 Å². The number of methoxy groups -OCH3 is 2. The molecule has 26 heteroatoms. The van der Waals surface area contributed by atoms with Crippen LogP contribution in [0.3, 0.4) is 0 Å². The number of nitrogens with zero attached hydrogens (tertiary/aromatic N) is 8. The van der Waals surface area contributed by atoms with Gasteiger partial charge in [0.2, 0.25) is 0 Å². The van der Waals surface area contributed by atoms with Crippen LogP contribution in [0.2, 0.25) is 5.15 Å². The number of aliphatic hydroxyl groups is 3. The number of anilines is 2. The monoisotopic (exact) mass is 1320 g/mol. The second-order valence-electron chi connectivity index (χ2n) is 19.7. The molecule has 3 atom stereocenters. The zero-order chi connectivity index (χ0) is 60.2. The van der Waals surface area contributed by atoms with Crippen molar-refractivity contribution in [1.29, 1.82) is 0 Å². The van der Waals surface area contributed by atoms with Crippen molar-refractivity contribution in [3.63, 3.8) is 0 Å². The van der Waals surface area contributed by atoms with Gasteiger partial charge >= 0.3 is 150 Å². The third-order valence-electron chi connectivity index (χ3n) is 14.3. The number of fused-ring (bicyclic) bond motifs is 3. The number of hydrogen-bond donors (Lipinski definition) is 5. The molecule has 3 fully saturated rings. The molecule has 0 bridgehead atoms. The number of rotatable bonds is 12. The van der Waals surface area contributed by atoms with E-state index in [1.54, 1.807) is 54.6 Å². The number of aromatic carboxylic acids is 1. The van der Waals surface area contributed by atoms with Crippen LogP contribution in [0.4, 0.5) is 11.6 Å². The van der Waals surface area contributed by atoms with Crippen LogP contribution in [-0.2, 0) is 19.2 Å². The number of nitrogens with one attached hydrogen (secondary N) is 1. The van der Waals surface area contributed by atoms with Gasteiger partial charge in [0.25, 0.3) is 6.47 Å². The minimum Gasteiger partial charge on any atom is -1.00 e. The summed E-state index contributed by atoms with van der Waals surface area (Å²) >= 11 is 6.21. The van der Waals surface area contributed by atoms with E-state index in [1.807, 2.05) is 91.0 Å². The third kappa shape index (κ3) is 21.8. The van der Waals surface area contributed by atoms with Crippen LogP contribution in [0.1, 0.15) is 85.9 Å². The van der Waals surface area contributed by atoms with Gasteiger partial charge in [-0.2, -0.15) is 0 Å². The van der Waals surface area contributed by atoms with Gasteiger partial charge in [0.05, 0.1) is 95.9 Å². The molecule has 0 amide bonds. The van der Waals surface area contributed by atoms with Crippen molar-refractivity contribution in [3.05, 3.63) is 167 Å². The summed E-state index contributed by atoms with van der Waals surface area (Å²) in [7, 11) is 2.70. The fourth-order valence-corrected chi connectivity index (χ4v) is 10.3. The second kappa shape index (κ2) is 41.8. The largest absolute Gasteiger partial charge is 1.00 e. The molecule has 0 unspecified atom stereocenters. The number of carbonyl (C=O) groups excluding carboxylic acids is 3. The number of carboxylic acid groups (broad SMARTS) is 1. The summed E-state index contributed by atoms with van der Waals surface area (Å²) in [6.45, 7) is 2.97. The Kier molecular flexibility index (Phi) is 37.7. The number of carboxylic acids is 1. The number of aliphatic hydroxyl groups excluding tert-OH is 3. The summed E-state index contributed by atoms with van der Waals surface area (Å²) in [6.07, 6.45) is 6.18. The molecule has 3 aliphatic rings. The number of carbonyl (C=O) groups is 4. The van der Waals surface area contributed by atoms with Gasteiger partial charge in [-0.1, -0.05) is 117 Å². The summed E-state index contributed by atoms with van der Waals surface area (Å²) in [6, 6.07) is 44.8. The van der Waals surface area contributed by atoms with Crippen molar-refractivity contribution < 1.29 is 198 Å². The molecule has 6 aromatic carbocycles. The number of halogens is 1. The Hall–Kier alpha value is -4.86. The normalized spacial score (nSPS) is 14.9. The fourth-order valence-electron chi connectivity index (χ4n) is 10.0. The van der Waals surface area contributed by atoms with E-state index >= 15 is 0 Å². The second-order valence-corrected chi connectivity index (χ2v) is 20.0. The maximum atomic E-state index is 11.9. The van der Waals surface area contributed by atoms with Crippen LogP contribution in [-0.4, -0.2) is 152 Å². The van der Waals surface area contributed by atoms with Crippen LogP contribution >= 0.6 is 11.6 Å². The summed E-state index contributed by atoms with van der Waals surface area (Å²) in [5.41, 5.74) is 9.80. The van der Waals surface area contributed by atoms with Gasteiger partial charge in [-0.15, -0.1) is 0 Å². The Bertz CT molecular complexity index is 3750. The maximum absolute atomic E-state index is 11.9. The predicted octanol–water partition coefficient (Wildman–Crippen LogP) is 0.123. The molecular weight excluding hydrogens is 1250 g/mol. The molecule has 3 aromatic heterocycles. The van der Waals surface area contributed by atoms with E-state index in [4.69, 9.17) is 51.4 Å². The molecule has 91 heavy (non-hydrogen) atoms. The molecule has 0 radical (unpaired) electrons. The number of hydrogen-bond acceptors (Lipinski definition) is 21. The van der Waals surface area contributed by atoms with Crippen LogP contribution in [0.5, 0.6) is 0 Å². The molecular formula is C65H73ClK2N9NaO13. The topological polar surface area (TPSA) is 326 Å². The number of benzene rings is 6. The first-order valence-electron chi connectivity index (χ1n) is 27.4. The van der Waals surface area contributed by atoms with Gasteiger partial charge in [-0.3, -0.25) is 4.79 Å². The van der Waals surface area contributed by atoms with Crippen molar-refractivity contribution in [2.45, 2.75) is 71.5 Å². The molecule has 466 valence electrons. The number of ether oxygens (including phenoxy) is 2. The molecule has 3 saturated heterocycles. The van der Waals surface area contributed by atoms with E-state index in [9.17, 15) is 29.7 Å². The molecule has 12 rings (SSSR count). The molecule has 6 N–H and O–H groups in total. The summed E-state index contributed by atoms with van der Waals surface area (Å²) in [5.74, 6) is -0.365. The van der Waals surface area contributed by atoms with Gasteiger partial charge in [0, 0.05) is 35.8 Å². The van der Waals surface area contributed by atoms with Crippen molar-refractivity contribution in [2.24, 2.45) is 0 Å². The SMILES string of the molecule is C.C.COC(=O)c1ccc2nc(-c3ccccc3)c(Cl)nc2c1.COC(=O)c1ccc2nc(-c3ccccc3)c(N3CCC[C@@H]3CO)nc2c1.O=C(O)c1ccc2nc(-c3ccccc3)c(N3CCC[C@@H]3CO)nc2c1.O=CO[O-].OC[C@H]1CCCN1.[H-].[K+].[K+].[Na+].[OH-]. The van der Waals surface area contributed by atoms with Gasteiger partial charge < -0.3 is 62.1 Å². The molecule has 6 heterocycles. The average Bonchev–Trinajstić information content (AvgIpc) is 1.24. The van der Waals surface area contributed by atoms with Gasteiger partial charge in [-0.25, -0.2) is 44.3 Å². The van der Waals surface area contributed by atoms with Crippen LogP contribution in [0, 0.1) is 0 Å². The van der Waals surface area contributed by atoms with Crippen molar-refractivity contribution in [1.82, 2.24) is 35.2 Å². The minimum atomic E-state index is -0.989. The van der Waals surface area contributed by atoms with E-state index in [0.29, 0.717) is 73.5 Å². The Morgan fingerprint density at radius 1 is 0.571 bits per heavy atom. The molecule has 3 aliphatic heterocycles. The Morgan fingerprint density at radius 3 is 1.29 bits per heavy atom. The van der Waals surface area contributed by atoms with Crippen molar-refractivity contribution in [3.8, 4) is 33.8 Å². The number of esters is 2. The van der Waals surface area contributed by atoms with Crippen molar-refractivity contribution >= 4 is 80.7 Å². The maximum Gasteiger partial charge on any atom is 1.00 e. The van der Waals surface area contributed by atoms with E-state index in [2.05, 4.69) is 34.7 Å². The Morgan fingerprint density at radius 2 is 0.945 bits per heavy atom. The smallest absolute Gasteiger partial charge is 1.00 e. The van der Waals surface area contributed by atoms with E-state index < -0.39 is 17.9 Å². The molecule has 22 nitrogen and oxygen atoms in total. The molecule has 9 aromatic rings. The summed E-state index contributed by atoms with van der Waals surface area (Å²) in [5, 5.41) is 49.1. The van der Waals surface area contributed by atoms with Gasteiger partial charge in [0.1, 0.15) is 17.1 Å². The minimum absolute atomic E-state index is 0. The van der Waals surface area contributed by atoms with Gasteiger partial charge in [-0.05, 0) is 99.7 Å². The van der Waals surface area contributed by atoms with E-state index in [0.717, 1.165) is 85.6 Å². The van der Waals surface area contributed by atoms with Crippen molar-refractivity contribution in [2.75, 3.05) is 63.5 Å². The standard InChI is InChI=1S/C21H21N3O3.C20H19N3O3.C16H11ClN2O2.C5H11NO.CH2O3.2CH4.2K.Na.H2O.H/c1-27-21(26)15-9-10-17-18(12-15)23-20(24-11-5-8-16(24)13-25)19(22-17)14-6-3-2-4-7-14;24-12-15-7-4-10-23(15)19-18(13-5-2-1-3-6-13)21-16-9-8-14(20(25)26)11-17(16)22-19;1-21-16(20)11-7-8-12-13(9-11)19-15(17)14(18-12)10-5-3-2-4-6-10;7-4-5-2-1-3-6-5;2-1-4-3;;;;;;;/h2-4,6-7,9-10,12,16,25H,5,8,11,13H2,1H3;1-3,5-6,8-9,11,15,24H,4,7,10,12H2,(H,25,26);2-9H,1H3;5-7H,1-4H2;1,3H;2*1H4;;;;1H2;/q;;;;;;;3*+1;;-1/p-2/t16-;15-;;5-;;;;;;;;/m11.1......../s1. The number of aromatic nitrogens is 6. The molecule has 0 saturated carbocycles. The summed E-state index contributed by atoms with van der Waals surface area (Å²) < 4.78 is 9.50. The van der Waals surface area contributed by atoms with Crippen LogP contribution in [0.15, 0.2) is 146 Å². The predicted molar refractivity (Wildman–Crippen MR) is 336 cm³/mol. The quantitative estimate of drug-likeness (QED) is 0.0357. The first-order valence-corrected chi connectivity index (χ1v) is 27.8.